The van der Waals surface area contributed by atoms with Crippen molar-refractivity contribution in [1.29, 1.82) is 0 Å². The first-order valence-electron chi connectivity index (χ1n) is 22.4. The molecule has 0 spiro atoms. The van der Waals surface area contributed by atoms with E-state index in [1.165, 1.54) is 57.8 Å². The molecular weight excluding hydrogens is 739 g/mol. The van der Waals surface area contributed by atoms with Gasteiger partial charge in [-0.3, -0.25) is 13.8 Å². The number of ether oxygens (including phenoxy) is 2. The van der Waals surface area contributed by atoms with Crippen LogP contribution in [-0.2, 0) is 27.9 Å². The zero-order valence-corrected chi connectivity index (χ0v) is 36.9. The Kier molecular flexibility index (Phi) is 41.9. The molecule has 0 aliphatic carbocycles. The minimum Gasteiger partial charge on any atom is -0.457 e. The van der Waals surface area contributed by atoms with E-state index in [1.54, 1.807) is 0 Å². The molecule has 330 valence electrons. The van der Waals surface area contributed by atoms with E-state index in [0.717, 1.165) is 89.9 Å². The third kappa shape index (κ3) is 43.3. The van der Waals surface area contributed by atoms with Crippen LogP contribution < -0.4 is 0 Å². The first-order chi connectivity index (χ1) is 27.8. The molecule has 0 aliphatic rings. The molecule has 0 aromatic carbocycles. The molecule has 3 atom stereocenters. The number of phosphoric ester groups is 1. The van der Waals surface area contributed by atoms with Crippen LogP contribution in [0.4, 0.5) is 0 Å². The fourth-order valence-electron chi connectivity index (χ4n) is 5.73. The smallest absolute Gasteiger partial charge is 0.457 e. The summed E-state index contributed by atoms with van der Waals surface area (Å²) in [6.07, 6.45) is 51.4. The van der Waals surface area contributed by atoms with Crippen molar-refractivity contribution in [1.82, 2.24) is 0 Å². The first-order valence-corrected chi connectivity index (χ1v) is 23.9. The predicted molar refractivity (Wildman–Crippen MR) is 237 cm³/mol. The number of unbranched alkanes of at least 4 members (excludes halogenated alkanes) is 16. The van der Waals surface area contributed by atoms with Crippen LogP contribution in [0.1, 0.15) is 174 Å². The lowest BCUT2D eigenvalue weighted by Crippen LogP contribution is -2.29. The van der Waals surface area contributed by atoms with Gasteiger partial charge in [0.1, 0.15) is 12.2 Å². The van der Waals surface area contributed by atoms with Gasteiger partial charge in [-0.15, -0.1) is 0 Å². The average Bonchev–Trinajstić information content (AvgIpc) is 3.20. The monoisotopic (exact) mass is 823 g/mol. The Hall–Kier alpha value is -2.10. The van der Waals surface area contributed by atoms with Crippen molar-refractivity contribution in [3.05, 3.63) is 72.9 Å². The standard InChI is InChI=1S/C47H83O9P/c1-3-5-7-9-11-13-15-17-19-21-22-23-24-26-28-30-32-34-36-38-40-53-43-46(44-55-57(51,52)54-42-45(49)41-48)56-47(50)39-37-35-33-31-29-27-25-20-18-16-14-12-10-8-6-4-2/h5,7,11,13-14,16-17,19-20,22-23,25,45-46,48-49H,3-4,6,8-10,12,15,18,21,24,26-44H2,1-2H3,(H,51,52)/b7-5-,13-11-,16-14-,19-17-,23-22-,25-20-. The van der Waals surface area contributed by atoms with Gasteiger partial charge in [0.2, 0.25) is 0 Å². The van der Waals surface area contributed by atoms with Crippen LogP contribution in [0.5, 0.6) is 0 Å². The highest BCUT2D eigenvalue weighted by Crippen LogP contribution is 2.43. The predicted octanol–water partition coefficient (Wildman–Crippen LogP) is 12.5. The van der Waals surface area contributed by atoms with E-state index in [9.17, 15) is 19.4 Å². The fourth-order valence-corrected chi connectivity index (χ4v) is 6.52. The Morgan fingerprint density at radius 3 is 1.51 bits per heavy atom. The van der Waals surface area contributed by atoms with Crippen molar-refractivity contribution in [3.8, 4) is 0 Å². The van der Waals surface area contributed by atoms with Crippen molar-refractivity contribution in [3.63, 3.8) is 0 Å². The molecule has 3 N–H and O–H groups in total. The summed E-state index contributed by atoms with van der Waals surface area (Å²) in [6.45, 7) is 3.33. The lowest BCUT2D eigenvalue weighted by Gasteiger charge is -2.20. The van der Waals surface area contributed by atoms with Crippen LogP contribution in [0.3, 0.4) is 0 Å². The van der Waals surface area contributed by atoms with Gasteiger partial charge in [0.25, 0.3) is 0 Å². The average molecular weight is 823 g/mol. The number of rotatable bonds is 42. The second-order valence-electron chi connectivity index (χ2n) is 14.7. The number of carbonyl (C=O) groups is 1. The molecule has 0 heterocycles. The van der Waals surface area contributed by atoms with Gasteiger partial charge in [0.15, 0.2) is 0 Å². The summed E-state index contributed by atoms with van der Waals surface area (Å²) in [5.41, 5.74) is 0. The summed E-state index contributed by atoms with van der Waals surface area (Å²) in [4.78, 5) is 22.6. The van der Waals surface area contributed by atoms with Gasteiger partial charge in [0, 0.05) is 13.0 Å². The third-order valence-corrected chi connectivity index (χ3v) is 10.1. The molecule has 0 rings (SSSR count). The second kappa shape index (κ2) is 43.5. The highest BCUT2D eigenvalue weighted by atomic mass is 31.2. The Labute approximate surface area is 348 Å². The largest absolute Gasteiger partial charge is 0.472 e. The van der Waals surface area contributed by atoms with Gasteiger partial charge in [-0.25, -0.2) is 4.57 Å². The number of esters is 1. The molecule has 10 heteroatoms. The number of aliphatic hydroxyl groups is 2. The lowest BCUT2D eigenvalue weighted by molar-refractivity contribution is -0.154. The Bertz CT molecular complexity index is 1110. The van der Waals surface area contributed by atoms with Crippen molar-refractivity contribution in [2.24, 2.45) is 0 Å². The second-order valence-corrected chi connectivity index (χ2v) is 16.1. The fraction of sp³-hybridized carbons (Fsp3) is 0.723. The summed E-state index contributed by atoms with van der Waals surface area (Å²) in [5.74, 6) is -0.403. The van der Waals surface area contributed by atoms with E-state index >= 15 is 0 Å². The van der Waals surface area contributed by atoms with Crippen molar-refractivity contribution in [2.45, 2.75) is 187 Å². The number of aliphatic hydroxyl groups excluding tert-OH is 2. The Balaban J connectivity index is 4.21. The molecule has 0 saturated heterocycles. The lowest BCUT2D eigenvalue weighted by atomic mass is 10.1. The molecular formula is C47H83O9P. The molecule has 0 saturated carbocycles. The topological polar surface area (TPSA) is 132 Å². The first kappa shape index (κ1) is 54.9. The molecule has 9 nitrogen and oxygen atoms in total. The third-order valence-electron chi connectivity index (χ3n) is 9.13. The highest BCUT2D eigenvalue weighted by molar-refractivity contribution is 7.47. The van der Waals surface area contributed by atoms with Crippen molar-refractivity contribution in [2.75, 3.05) is 33.0 Å². The maximum Gasteiger partial charge on any atom is 0.472 e. The zero-order valence-electron chi connectivity index (χ0n) is 36.0. The summed E-state index contributed by atoms with van der Waals surface area (Å²) in [7, 11) is -4.53. The van der Waals surface area contributed by atoms with Crippen molar-refractivity contribution < 1.29 is 43.0 Å². The van der Waals surface area contributed by atoms with Crippen LogP contribution in [0.25, 0.3) is 0 Å². The quantitative estimate of drug-likeness (QED) is 0.0238. The molecule has 0 bridgehead atoms. The van der Waals surface area contributed by atoms with Gasteiger partial charge in [-0.05, 0) is 83.5 Å². The van der Waals surface area contributed by atoms with Gasteiger partial charge in [-0.1, -0.05) is 157 Å². The number of carbonyl (C=O) groups excluding carboxylic acids is 1. The minimum absolute atomic E-state index is 0.0323. The van der Waals surface area contributed by atoms with E-state index in [1.807, 2.05) is 0 Å². The molecule has 0 amide bonds. The normalized spacial score (nSPS) is 14.7. The van der Waals surface area contributed by atoms with Crippen LogP contribution in [0.15, 0.2) is 72.9 Å². The van der Waals surface area contributed by atoms with E-state index in [4.69, 9.17) is 23.6 Å². The summed E-state index contributed by atoms with van der Waals surface area (Å²) in [6, 6.07) is 0. The minimum atomic E-state index is -4.53. The Morgan fingerprint density at radius 2 is 1.00 bits per heavy atom. The summed E-state index contributed by atoms with van der Waals surface area (Å²) < 4.78 is 33.4. The van der Waals surface area contributed by atoms with Gasteiger partial charge < -0.3 is 24.6 Å². The SMILES string of the molecule is CC/C=C\C/C=C\C/C=C\C/C=C\CCCCCCCCCOCC(COP(=O)(O)OCC(O)CO)OC(=O)CCCCCCC/C=C\C/C=C\CCCCCC. The maximum absolute atomic E-state index is 12.6. The van der Waals surface area contributed by atoms with Gasteiger partial charge >= 0.3 is 13.8 Å². The maximum atomic E-state index is 12.6. The van der Waals surface area contributed by atoms with Crippen LogP contribution >= 0.6 is 7.82 Å². The molecule has 57 heavy (non-hydrogen) atoms. The molecule has 0 fully saturated rings. The van der Waals surface area contributed by atoms with E-state index in [-0.39, 0.29) is 13.0 Å². The van der Waals surface area contributed by atoms with Gasteiger partial charge in [-0.2, -0.15) is 0 Å². The van der Waals surface area contributed by atoms with E-state index in [0.29, 0.717) is 13.0 Å². The number of hydrogen-bond donors (Lipinski definition) is 3. The van der Waals surface area contributed by atoms with E-state index in [2.05, 4.69) is 86.8 Å². The van der Waals surface area contributed by atoms with Crippen LogP contribution in [0.2, 0.25) is 0 Å². The molecule has 0 aromatic rings. The number of hydrogen-bond acceptors (Lipinski definition) is 8. The summed E-state index contributed by atoms with van der Waals surface area (Å²) >= 11 is 0. The number of phosphoric acid groups is 1. The molecule has 3 unspecified atom stereocenters. The Morgan fingerprint density at radius 1 is 0.561 bits per heavy atom. The highest BCUT2D eigenvalue weighted by Gasteiger charge is 2.26. The van der Waals surface area contributed by atoms with Crippen LogP contribution in [0, 0.1) is 0 Å². The molecule has 0 aromatic heterocycles. The summed E-state index contributed by atoms with van der Waals surface area (Å²) in [5, 5.41) is 18.4. The van der Waals surface area contributed by atoms with E-state index < -0.39 is 45.8 Å². The zero-order chi connectivity index (χ0) is 41.8. The molecule has 0 radical (unpaired) electrons. The molecule has 0 aliphatic heterocycles. The van der Waals surface area contributed by atoms with Gasteiger partial charge in [0.05, 0.1) is 26.4 Å². The van der Waals surface area contributed by atoms with Crippen molar-refractivity contribution >= 4 is 13.8 Å². The number of allylic oxidation sites excluding steroid dienone is 12. The van der Waals surface area contributed by atoms with Crippen LogP contribution in [-0.4, -0.2) is 66.3 Å².